The van der Waals surface area contributed by atoms with Crippen LogP contribution < -0.4 is 0 Å². The normalized spacial score (nSPS) is 19.2. The van der Waals surface area contributed by atoms with E-state index >= 15 is 0 Å². The molecule has 2 aliphatic heterocycles. The fourth-order valence-corrected chi connectivity index (χ4v) is 1.20. The molecule has 0 unspecified atom stereocenters. The summed E-state index contributed by atoms with van der Waals surface area (Å²) in [6, 6.07) is 0. The summed E-state index contributed by atoms with van der Waals surface area (Å²) in [6.07, 6.45) is 4.86. The summed E-state index contributed by atoms with van der Waals surface area (Å²) in [5.74, 6) is 0.815. The minimum absolute atomic E-state index is 0. The van der Waals surface area contributed by atoms with Gasteiger partial charge in [-0.05, 0) is 26.3 Å². The van der Waals surface area contributed by atoms with Crippen LogP contribution in [0.3, 0.4) is 0 Å². The molecule has 0 radical (unpaired) electrons. The van der Waals surface area contributed by atoms with E-state index in [1.165, 1.54) is 5.57 Å². The van der Waals surface area contributed by atoms with Crippen molar-refractivity contribution < 1.29 is 4.74 Å². The van der Waals surface area contributed by atoms with Gasteiger partial charge in [-0.2, -0.15) is 0 Å². The molecule has 2 aliphatic rings. The van der Waals surface area contributed by atoms with Crippen molar-refractivity contribution in [1.29, 1.82) is 0 Å². The first kappa shape index (κ1) is 17.3. The molecule has 0 aromatic heterocycles. The fourth-order valence-electron chi connectivity index (χ4n) is 1.20. The van der Waals surface area contributed by atoms with Gasteiger partial charge in [0.1, 0.15) is 6.61 Å². The lowest BCUT2D eigenvalue weighted by Gasteiger charge is -2.07. The Balaban J connectivity index is 0. The van der Waals surface area contributed by atoms with E-state index in [-0.39, 0.29) is 20.4 Å². The molecule has 0 atom stereocenters. The lowest BCUT2D eigenvalue weighted by atomic mass is 10.1. The molecule has 2 heterocycles. The van der Waals surface area contributed by atoms with E-state index in [9.17, 15) is 0 Å². The Morgan fingerprint density at radius 2 is 1.88 bits per heavy atom. The number of allylic oxidation sites excluding steroid dienone is 1. The topological polar surface area (TPSA) is 34.0 Å². The molecule has 3 nitrogen and oxygen atoms in total. The predicted molar refractivity (Wildman–Crippen MR) is 73.5 cm³/mol. The highest BCUT2D eigenvalue weighted by Crippen LogP contribution is 2.15. The summed E-state index contributed by atoms with van der Waals surface area (Å²) in [5, 5.41) is 0. The maximum absolute atomic E-state index is 5.12. The Labute approximate surface area is 100 Å². The van der Waals surface area contributed by atoms with E-state index in [2.05, 4.69) is 30.8 Å². The van der Waals surface area contributed by atoms with Crippen molar-refractivity contribution >= 4 is 12.1 Å². The van der Waals surface area contributed by atoms with Crippen LogP contribution in [0, 0.1) is 0 Å². The Morgan fingerprint density at radius 1 is 1.25 bits per heavy atom. The van der Waals surface area contributed by atoms with Gasteiger partial charge < -0.3 is 4.74 Å². The highest BCUT2D eigenvalue weighted by atomic mass is 16.5. The van der Waals surface area contributed by atoms with E-state index in [4.69, 9.17) is 4.74 Å². The van der Waals surface area contributed by atoms with Gasteiger partial charge in [-0.1, -0.05) is 14.9 Å². The molecule has 0 spiro atoms. The van der Waals surface area contributed by atoms with Crippen LogP contribution in [0.2, 0.25) is 0 Å². The van der Waals surface area contributed by atoms with Crippen molar-refractivity contribution in [3.8, 4) is 0 Å². The van der Waals surface area contributed by atoms with E-state index in [0.29, 0.717) is 0 Å². The molecular formula is C13H26N2O. The van der Waals surface area contributed by atoms with Crippen molar-refractivity contribution in [1.82, 2.24) is 0 Å². The first-order valence-corrected chi connectivity index (χ1v) is 4.86. The molecule has 2 rings (SSSR count). The molecule has 16 heavy (non-hydrogen) atoms. The predicted octanol–water partition coefficient (Wildman–Crippen LogP) is 3.85. The van der Waals surface area contributed by atoms with Crippen molar-refractivity contribution in [2.75, 3.05) is 6.61 Å². The highest BCUT2D eigenvalue weighted by Gasteiger charge is 2.23. The largest absolute Gasteiger partial charge is 0.479 e. The van der Waals surface area contributed by atoms with Gasteiger partial charge in [0.15, 0.2) is 5.90 Å². The zero-order valence-electron chi connectivity index (χ0n) is 9.37. The number of nitrogens with zero attached hydrogens (tertiary/aromatic N) is 2. The van der Waals surface area contributed by atoms with Crippen LogP contribution in [0.1, 0.15) is 49.0 Å². The van der Waals surface area contributed by atoms with Crippen LogP contribution in [-0.2, 0) is 4.74 Å². The van der Waals surface area contributed by atoms with Gasteiger partial charge in [0.05, 0.1) is 5.54 Å². The molecule has 0 N–H and O–H groups in total. The highest BCUT2D eigenvalue weighted by molar-refractivity contribution is 5.75. The summed E-state index contributed by atoms with van der Waals surface area (Å²) in [7, 11) is 0. The molecule has 0 amide bonds. The second kappa shape index (κ2) is 7.20. The number of ether oxygens (including phenoxy) is 1. The average Bonchev–Trinajstić information content (AvgIpc) is 2.62. The van der Waals surface area contributed by atoms with Gasteiger partial charge in [-0.25, -0.2) is 4.99 Å². The molecule has 0 saturated carbocycles. The molecule has 0 saturated heterocycles. The fraction of sp³-hybridized carbons (Fsp3) is 0.692. The van der Waals surface area contributed by atoms with Crippen molar-refractivity contribution in [3.05, 3.63) is 11.8 Å². The van der Waals surface area contributed by atoms with Gasteiger partial charge in [0.25, 0.3) is 0 Å². The second-order valence-electron chi connectivity index (χ2n) is 4.24. The Morgan fingerprint density at radius 3 is 2.00 bits per heavy atom. The van der Waals surface area contributed by atoms with Gasteiger partial charge in [-0.3, -0.25) is 4.99 Å². The molecular weight excluding hydrogens is 200 g/mol. The smallest absolute Gasteiger partial charge is 0.180 e. The van der Waals surface area contributed by atoms with Crippen LogP contribution in [0.15, 0.2) is 21.8 Å². The standard InChI is InChI=1S/C6H11NO.C5H7N.2CH4/c1-5-7-6(2,3)4-8-5;1-5-2-3-6-4-5;;/h4H2,1-3H3;3-4H,2H2,1H3;2*1H4. The summed E-state index contributed by atoms with van der Waals surface area (Å²) in [4.78, 5) is 8.09. The van der Waals surface area contributed by atoms with E-state index in [0.717, 1.165) is 18.9 Å². The Bertz CT molecular complexity index is 288. The van der Waals surface area contributed by atoms with Crippen molar-refractivity contribution in [3.63, 3.8) is 0 Å². The first-order valence-electron chi connectivity index (χ1n) is 4.86. The summed E-state index contributed by atoms with van der Waals surface area (Å²) >= 11 is 0. The minimum Gasteiger partial charge on any atom is -0.479 e. The molecule has 0 aromatic rings. The van der Waals surface area contributed by atoms with Crippen LogP contribution in [0.25, 0.3) is 0 Å². The Kier molecular flexibility index (Phi) is 7.78. The third kappa shape index (κ3) is 6.38. The van der Waals surface area contributed by atoms with Crippen molar-refractivity contribution in [2.24, 2.45) is 9.98 Å². The van der Waals surface area contributed by atoms with E-state index in [1.54, 1.807) is 0 Å². The van der Waals surface area contributed by atoms with Crippen LogP contribution >= 0.6 is 0 Å². The molecule has 0 aliphatic carbocycles. The second-order valence-corrected chi connectivity index (χ2v) is 4.24. The number of hydrogen-bond donors (Lipinski definition) is 0. The quantitative estimate of drug-likeness (QED) is 0.617. The average molecular weight is 226 g/mol. The third-order valence-corrected chi connectivity index (χ3v) is 1.91. The van der Waals surface area contributed by atoms with Gasteiger partial charge in [-0.15, -0.1) is 0 Å². The Hall–Kier alpha value is -1.12. The number of aliphatic imine (C=N–C) groups is 2. The van der Waals surface area contributed by atoms with Crippen LogP contribution in [0.4, 0.5) is 0 Å². The first-order chi connectivity index (χ1) is 6.49. The zero-order valence-corrected chi connectivity index (χ0v) is 9.37. The maximum atomic E-state index is 5.12. The minimum atomic E-state index is 0. The van der Waals surface area contributed by atoms with Crippen molar-refractivity contribution in [2.45, 2.75) is 54.5 Å². The van der Waals surface area contributed by atoms with Gasteiger partial charge in [0.2, 0.25) is 0 Å². The van der Waals surface area contributed by atoms with Gasteiger partial charge >= 0.3 is 0 Å². The van der Waals surface area contributed by atoms with E-state index in [1.807, 2.05) is 19.3 Å². The summed E-state index contributed by atoms with van der Waals surface area (Å²) in [5.41, 5.74) is 1.39. The van der Waals surface area contributed by atoms with Gasteiger partial charge in [0, 0.05) is 25.8 Å². The third-order valence-electron chi connectivity index (χ3n) is 1.91. The molecule has 94 valence electrons. The monoisotopic (exact) mass is 226 g/mol. The lowest BCUT2D eigenvalue weighted by Crippen LogP contribution is -2.17. The summed E-state index contributed by atoms with van der Waals surface area (Å²) in [6.45, 7) is 8.81. The number of hydrogen-bond acceptors (Lipinski definition) is 3. The molecule has 3 heteroatoms. The van der Waals surface area contributed by atoms with Crippen LogP contribution in [-0.4, -0.2) is 24.3 Å². The molecule has 0 fully saturated rings. The summed E-state index contributed by atoms with van der Waals surface area (Å²) < 4.78 is 5.12. The SMILES string of the molecule is C.C.CC1=CN=CC1.CC1=NC(C)(C)CO1. The zero-order chi connectivity index (χ0) is 10.6. The number of rotatable bonds is 0. The van der Waals surface area contributed by atoms with E-state index < -0.39 is 0 Å². The van der Waals surface area contributed by atoms with Crippen LogP contribution in [0.5, 0.6) is 0 Å². The maximum Gasteiger partial charge on any atom is 0.180 e. The molecule has 0 aromatic carbocycles. The molecule has 0 bridgehead atoms. The lowest BCUT2D eigenvalue weighted by molar-refractivity contribution is 0.277.